The first-order valence-corrected chi connectivity index (χ1v) is 7.25. The number of nitrogens with zero attached hydrogens (tertiary/aromatic N) is 1. The van der Waals surface area contributed by atoms with Crippen molar-refractivity contribution in [2.75, 3.05) is 0 Å². The molecule has 0 saturated heterocycles. The third-order valence-electron chi connectivity index (χ3n) is 3.27. The van der Waals surface area contributed by atoms with Crippen LogP contribution in [0.15, 0.2) is 40.9 Å². The first-order valence-electron chi connectivity index (χ1n) is 6.07. The fraction of sp³-hybridized carbons (Fsp3) is 0.0667. The molecule has 0 saturated carbocycles. The van der Waals surface area contributed by atoms with Crippen LogP contribution in [0.5, 0.6) is 0 Å². The molecule has 0 radical (unpaired) electrons. The van der Waals surface area contributed by atoms with E-state index in [1.165, 1.54) is 12.1 Å². The average molecular weight is 369 g/mol. The topological polar surface area (TPSA) is 37.4 Å². The van der Waals surface area contributed by atoms with E-state index in [0.29, 0.717) is 15.6 Å². The monoisotopic (exact) mass is 367 g/mol. The molecule has 3 rings (SSSR count). The molecule has 1 heterocycles. The van der Waals surface area contributed by atoms with E-state index in [4.69, 9.17) is 11.6 Å². The zero-order chi connectivity index (χ0) is 15.1. The van der Waals surface area contributed by atoms with Crippen LogP contribution >= 0.6 is 27.5 Å². The van der Waals surface area contributed by atoms with Gasteiger partial charge in [0.2, 0.25) is 0 Å². The Balaban J connectivity index is 1.98. The van der Waals surface area contributed by atoms with Gasteiger partial charge >= 0.3 is 0 Å². The van der Waals surface area contributed by atoms with Crippen LogP contribution < -0.4 is 0 Å². The van der Waals surface area contributed by atoms with Gasteiger partial charge in [-0.3, -0.25) is 14.5 Å². The van der Waals surface area contributed by atoms with Crippen LogP contribution in [0.3, 0.4) is 0 Å². The minimum absolute atomic E-state index is 0.0593. The number of carbonyl (C=O) groups excluding carboxylic acids is 2. The van der Waals surface area contributed by atoms with Crippen molar-refractivity contribution in [1.29, 1.82) is 0 Å². The van der Waals surface area contributed by atoms with Crippen molar-refractivity contribution in [2.45, 2.75) is 6.54 Å². The van der Waals surface area contributed by atoms with E-state index in [1.54, 1.807) is 24.3 Å². The summed E-state index contributed by atoms with van der Waals surface area (Å²) in [5.74, 6) is -1.48. The van der Waals surface area contributed by atoms with Crippen LogP contribution in [0.2, 0.25) is 5.02 Å². The van der Waals surface area contributed by atoms with E-state index in [0.717, 1.165) is 4.90 Å². The predicted octanol–water partition coefficient (Wildman–Crippen LogP) is 4.04. The number of hydrogen-bond donors (Lipinski definition) is 0. The lowest BCUT2D eigenvalue weighted by Crippen LogP contribution is -2.29. The molecule has 0 fully saturated rings. The summed E-state index contributed by atoms with van der Waals surface area (Å²) in [5, 5.41) is -0.0593. The van der Waals surface area contributed by atoms with E-state index >= 15 is 0 Å². The molecule has 2 amide bonds. The molecule has 1 aliphatic heterocycles. The third-order valence-corrected chi connectivity index (χ3v) is 4.01. The SMILES string of the molecule is O=C1c2ccccc2C(=O)N1Cc1cc(Br)cc(Cl)c1F. The maximum absolute atomic E-state index is 14.0. The van der Waals surface area contributed by atoms with Crippen molar-refractivity contribution in [3.05, 3.63) is 68.4 Å². The molecule has 2 aromatic carbocycles. The molecule has 106 valence electrons. The van der Waals surface area contributed by atoms with Gasteiger partial charge in [0, 0.05) is 10.0 Å². The van der Waals surface area contributed by atoms with Crippen LogP contribution in [0.4, 0.5) is 4.39 Å². The fourth-order valence-electron chi connectivity index (χ4n) is 2.28. The molecule has 21 heavy (non-hydrogen) atoms. The number of benzene rings is 2. The molecule has 1 aliphatic rings. The molecule has 0 spiro atoms. The Kier molecular flexibility index (Phi) is 3.55. The molecule has 2 aromatic rings. The highest BCUT2D eigenvalue weighted by molar-refractivity contribution is 9.10. The number of amides is 2. The van der Waals surface area contributed by atoms with Crippen molar-refractivity contribution in [3.63, 3.8) is 0 Å². The molecule has 0 aliphatic carbocycles. The van der Waals surface area contributed by atoms with Gasteiger partial charge in [0.1, 0.15) is 5.82 Å². The minimum atomic E-state index is -0.628. The Bertz CT molecular complexity index is 743. The summed E-state index contributed by atoms with van der Waals surface area (Å²) in [7, 11) is 0. The number of fused-ring (bicyclic) bond motifs is 1. The van der Waals surface area contributed by atoms with Crippen LogP contribution in [0.25, 0.3) is 0 Å². The largest absolute Gasteiger partial charge is 0.270 e. The molecule has 6 heteroatoms. The number of carbonyl (C=O) groups is 2. The van der Waals surface area contributed by atoms with Gasteiger partial charge in [0.25, 0.3) is 11.8 Å². The van der Waals surface area contributed by atoms with Gasteiger partial charge in [-0.1, -0.05) is 39.7 Å². The number of imide groups is 1. The lowest BCUT2D eigenvalue weighted by Gasteiger charge is -2.15. The van der Waals surface area contributed by atoms with E-state index in [9.17, 15) is 14.0 Å². The van der Waals surface area contributed by atoms with E-state index in [-0.39, 0.29) is 17.1 Å². The van der Waals surface area contributed by atoms with E-state index in [1.807, 2.05) is 0 Å². The summed E-state index contributed by atoms with van der Waals surface area (Å²) in [4.78, 5) is 25.5. The Labute approximate surface area is 133 Å². The molecular formula is C15H8BrClFNO2. The van der Waals surface area contributed by atoms with Crippen molar-refractivity contribution in [3.8, 4) is 0 Å². The second kappa shape index (κ2) is 5.24. The number of halogens is 3. The van der Waals surface area contributed by atoms with Gasteiger partial charge in [-0.25, -0.2) is 4.39 Å². The van der Waals surface area contributed by atoms with E-state index in [2.05, 4.69) is 15.9 Å². The minimum Gasteiger partial charge on any atom is -0.270 e. The predicted molar refractivity (Wildman–Crippen MR) is 79.8 cm³/mol. The van der Waals surface area contributed by atoms with Crippen molar-refractivity contribution in [1.82, 2.24) is 4.90 Å². The highest BCUT2D eigenvalue weighted by Gasteiger charge is 2.35. The maximum atomic E-state index is 14.0. The van der Waals surface area contributed by atoms with Crippen LogP contribution in [0, 0.1) is 5.82 Å². The van der Waals surface area contributed by atoms with Gasteiger partial charge in [0.05, 0.1) is 22.7 Å². The zero-order valence-electron chi connectivity index (χ0n) is 10.6. The highest BCUT2D eigenvalue weighted by atomic mass is 79.9. The van der Waals surface area contributed by atoms with Crippen molar-refractivity contribution >= 4 is 39.3 Å². The lowest BCUT2D eigenvalue weighted by atomic mass is 10.1. The standard InChI is InChI=1S/C15H8BrClFNO2/c16-9-5-8(13(18)12(17)6-9)7-19-14(20)10-3-1-2-4-11(10)15(19)21/h1-6H,7H2. The van der Waals surface area contributed by atoms with Crippen LogP contribution in [-0.4, -0.2) is 16.7 Å². The molecule has 3 nitrogen and oxygen atoms in total. The Hall–Kier alpha value is -1.72. The van der Waals surface area contributed by atoms with E-state index < -0.39 is 17.6 Å². The Morgan fingerprint density at radius 2 is 1.67 bits per heavy atom. The number of rotatable bonds is 2. The van der Waals surface area contributed by atoms with Crippen LogP contribution in [-0.2, 0) is 6.54 Å². The summed E-state index contributed by atoms with van der Waals surface area (Å²) in [6.45, 7) is -0.155. The molecular weight excluding hydrogens is 361 g/mol. The maximum Gasteiger partial charge on any atom is 0.261 e. The first kappa shape index (κ1) is 14.2. The van der Waals surface area contributed by atoms with Crippen molar-refractivity contribution in [2.24, 2.45) is 0 Å². The van der Waals surface area contributed by atoms with Crippen LogP contribution in [0.1, 0.15) is 26.3 Å². The summed E-state index contributed by atoms with van der Waals surface area (Å²) in [6, 6.07) is 9.46. The van der Waals surface area contributed by atoms with Crippen molar-refractivity contribution < 1.29 is 14.0 Å². The average Bonchev–Trinajstić information content (AvgIpc) is 2.70. The normalized spacial score (nSPS) is 13.8. The summed E-state index contributed by atoms with van der Waals surface area (Å²) >= 11 is 8.99. The third kappa shape index (κ3) is 2.36. The molecule has 0 atom stereocenters. The summed E-state index contributed by atoms with van der Waals surface area (Å²) in [6.07, 6.45) is 0. The van der Waals surface area contributed by atoms with Gasteiger partial charge in [-0.15, -0.1) is 0 Å². The van der Waals surface area contributed by atoms with Gasteiger partial charge in [0.15, 0.2) is 0 Å². The second-order valence-electron chi connectivity index (χ2n) is 4.60. The molecule has 0 bridgehead atoms. The smallest absolute Gasteiger partial charge is 0.261 e. The summed E-state index contributed by atoms with van der Waals surface area (Å²) < 4.78 is 14.6. The Morgan fingerprint density at radius 3 is 2.24 bits per heavy atom. The van der Waals surface area contributed by atoms with Gasteiger partial charge < -0.3 is 0 Å². The highest BCUT2D eigenvalue weighted by Crippen LogP contribution is 2.28. The quantitative estimate of drug-likeness (QED) is 0.593. The summed E-state index contributed by atoms with van der Waals surface area (Å²) in [5.41, 5.74) is 0.858. The fourth-order valence-corrected chi connectivity index (χ4v) is 3.15. The first-order chi connectivity index (χ1) is 9.99. The zero-order valence-corrected chi connectivity index (χ0v) is 12.9. The lowest BCUT2D eigenvalue weighted by molar-refractivity contribution is 0.0641. The number of hydrogen-bond acceptors (Lipinski definition) is 2. The Morgan fingerprint density at radius 1 is 1.10 bits per heavy atom. The van der Waals surface area contributed by atoms with Gasteiger partial charge in [-0.2, -0.15) is 0 Å². The van der Waals surface area contributed by atoms with Gasteiger partial charge in [-0.05, 0) is 24.3 Å². The molecule has 0 N–H and O–H groups in total. The molecule has 0 unspecified atom stereocenters. The second-order valence-corrected chi connectivity index (χ2v) is 5.93. The molecule has 0 aromatic heterocycles.